The van der Waals surface area contributed by atoms with Gasteiger partial charge in [-0.3, -0.25) is 4.79 Å². The minimum Gasteiger partial charge on any atom is -0.494 e. The van der Waals surface area contributed by atoms with Gasteiger partial charge in [-0.1, -0.05) is 13.8 Å². The monoisotopic (exact) mass is 401 g/mol. The van der Waals surface area contributed by atoms with Crippen LogP contribution in [0.4, 0.5) is 4.39 Å². The van der Waals surface area contributed by atoms with Gasteiger partial charge in [0.05, 0.1) is 24.2 Å². The summed E-state index contributed by atoms with van der Waals surface area (Å²) in [6, 6.07) is 3.19. The fourth-order valence-electron chi connectivity index (χ4n) is 2.96. The molecule has 9 heteroatoms. The van der Waals surface area contributed by atoms with Gasteiger partial charge in [-0.25, -0.2) is 17.6 Å². The predicted molar refractivity (Wildman–Crippen MR) is 96.8 cm³/mol. The van der Waals surface area contributed by atoms with Crippen LogP contribution >= 0.6 is 0 Å². The van der Waals surface area contributed by atoms with Crippen LogP contribution in [0.3, 0.4) is 0 Å². The molecule has 27 heavy (non-hydrogen) atoms. The fraction of sp³-hybridized carbons (Fsp3) is 0.556. The van der Waals surface area contributed by atoms with Crippen LogP contribution < -0.4 is 4.74 Å². The lowest BCUT2D eigenvalue weighted by Gasteiger charge is -2.29. The van der Waals surface area contributed by atoms with Gasteiger partial charge < -0.3 is 14.4 Å². The number of hydrogen-bond donors (Lipinski definition) is 0. The van der Waals surface area contributed by atoms with E-state index in [1.807, 2.05) is 13.8 Å². The van der Waals surface area contributed by atoms with Gasteiger partial charge in [-0.05, 0) is 30.5 Å². The molecule has 1 aliphatic rings. The first-order valence-corrected chi connectivity index (χ1v) is 10.5. The molecule has 1 atom stereocenters. The van der Waals surface area contributed by atoms with E-state index in [2.05, 4.69) is 0 Å². The summed E-state index contributed by atoms with van der Waals surface area (Å²) in [5, 5.41) is 0. The van der Waals surface area contributed by atoms with Gasteiger partial charge in [0.25, 0.3) is 5.91 Å². The van der Waals surface area contributed by atoms with Crippen molar-refractivity contribution in [3.05, 3.63) is 29.6 Å². The van der Waals surface area contributed by atoms with Crippen LogP contribution in [0.15, 0.2) is 18.2 Å². The first-order valence-electron chi connectivity index (χ1n) is 8.63. The molecule has 0 aromatic heterocycles. The largest absolute Gasteiger partial charge is 0.494 e. The van der Waals surface area contributed by atoms with Crippen LogP contribution in [0.2, 0.25) is 0 Å². The van der Waals surface area contributed by atoms with E-state index >= 15 is 0 Å². The molecule has 1 aromatic carbocycles. The predicted octanol–water partition coefficient (Wildman–Crippen LogP) is 1.66. The number of sulfone groups is 1. The Bertz CT molecular complexity index is 808. The standard InChI is InChI=1S/C18H24FNO6S/c1-12(2)9-20(14-6-7-27(23,24)11-14)17(21)10-26-18(22)13-4-5-16(25-3)15(19)8-13/h4-5,8,12,14H,6-7,9-11H2,1-3H3/t14-/m1/s1. The first kappa shape index (κ1) is 21.1. The minimum atomic E-state index is -3.15. The number of rotatable bonds is 7. The highest BCUT2D eigenvalue weighted by atomic mass is 32.2. The van der Waals surface area contributed by atoms with Crippen molar-refractivity contribution in [2.45, 2.75) is 26.3 Å². The zero-order chi connectivity index (χ0) is 20.2. The molecule has 0 spiro atoms. The Morgan fingerprint density at radius 1 is 1.33 bits per heavy atom. The zero-order valence-corrected chi connectivity index (χ0v) is 16.4. The SMILES string of the molecule is COc1ccc(C(=O)OCC(=O)N(CC(C)C)[C@@H]2CCS(=O)(=O)C2)cc1F. The van der Waals surface area contributed by atoms with Crippen molar-refractivity contribution in [1.82, 2.24) is 4.90 Å². The second-order valence-electron chi connectivity index (χ2n) is 6.92. The topological polar surface area (TPSA) is 90.0 Å². The maximum Gasteiger partial charge on any atom is 0.338 e. The third kappa shape index (κ3) is 5.66. The van der Waals surface area contributed by atoms with Crippen molar-refractivity contribution in [2.24, 2.45) is 5.92 Å². The third-order valence-corrected chi connectivity index (χ3v) is 6.00. The van der Waals surface area contributed by atoms with Crippen LogP contribution in [-0.2, 0) is 19.4 Å². The van der Waals surface area contributed by atoms with Crippen LogP contribution in [0.25, 0.3) is 0 Å². The van der Waals surface area contributed by atoms with Gasteiger partial charge in [0.15, 0.2) is 28.0 Å². The van der Waals surface area contributed by atoms with E-state index in [1.54, 1.807) is 0 Å². The molecule has 1 saturated heterocycles. The number of ether oxygens (including phenoxy) is 2. The molecule has 0 N–H and O–H groups in total. The van der Waals surface area contributed by atoms with E-state index in [0.717, 1.165) is 6.07 Å². The molecular formula is C18H24FNO6S. The number of hydrogen-bond acceptors (Lipinski definition) is 6. The van der Waals surface area contributed by atoms with Crippen molar-refractivity contribution in [2.75, 3.05) is 31.8 Å². The average molecular weight is 401 g/mol. The zero-order valence-electron chi connectivity index (χ0n) is 15.6. The molecule has 1 heterocycles. The maximum atomic E-state index is 13.7. The molecule has 1 aliphatic heterocycles. The molecule has 0 bridgehead atoms. The summed E-state index contributed by atoms with van der Waals surface area (Å²) >= 11 is 0. The van der Waals surface area contributed by atoms with E-state index in [9.17, 15) is 22.4 Å². The summed E-state index contributed by atoms with van der Waals surface area (Å²) < 4.78 is 46.9. The average Bonchev–Trinajstić information content (AvgIpc) is 2.96. The van der Waals surface area contributed by atoms with Crippen molar-refractivity contribution in [3.63, 3.8) is 0 Å². The molecule has 0 unspecified atom stereocenters. The Hall–Kier alpha value is -2.16. The molecular weight excluding hydrogens is 377 g/mol. The lowest BCUT2D eigenvalue weighted by molar-refractivity contribution is -0.137. The Kier molecular flexibility index (Phi) is 6.80. The Morgan fingerprint density at radius 3 is 2.56 bits per heavy atom. The number of carbonyl (C=O) groups excluding carboxylic acids is 2. The van der Waals surface area contributed by atoms with Gasteiger partial charge >= 0.3 is 5.97 Å². The molecule has 1 fully saturated rings. The van der Waals surface area contributed by atoms with E-state index in [0.29, 0.717) is 13.0 Å². The molecule has 1 amide bonds. The summed E-state index contributed by atoms with van der Waals surface area (Å²) in [6.45, 7) is 3.66. The summed E-state index contributed by atoms with van der Waals surface area (Å²) in [5.74, 6) is -1.93. The Balaban J connectivity index is 2.02. The van der Waals surface area contributed by atoms with Gasteiger partial charge in [0.2, 0.25) is 0 Å². The van der Waals surface area contributed by atoms with Gasteiger partial charge in [0, 0.05) is 12.6 Å². The van der Waals surface area contributed by atoms with Crippen molar-refractivity contribution in [1.29, 1.82) is 0 Å². The molecule has 7 nitrogen and oxygen atoms in total. The highest BCUT2D eigenvalue weighted by Crippen LogP contribution is 2.20. The second kappa shape index (κ2) is 8.69. The van der Waals surface area contributed by atoms with Crippen LogP contribution in [0.1, 0.15) is 30.6 Å². The van der Waals surface area contributed by atoms with Crippen LogP contribution in [-0.4, -0.2) is 63.0 Å². The van der Waals surface area contributed by atoms with Gasteiger partial charge in [-0.15, -0.1) is 0 Å². The minimum absolute atomic E-state index is 0.00632. The number of nitrogens with zero attached hydrogens (tertiary/aromatic N) is 1. The molecule has 1 aromatic rings. The van der Waals surface area contributed by atoms with Crippen molar-refractivity contribution in [3.8, 4) is 5.75 Å². The number of carbonyl (C=O) groups is 2. The van der Waals surface area contributed by atoms with E-state index < -0.39 is 40.2 Å². The normalized spacial score (nSPS) is 18.3. The number of methoxy groups -OCH3 is 1. The molecule has 0 radical (unpaired) electrons. The number of esters is 1. The first-order chi connectivity index (χ1) is 12.6. The fourth-order valence-corrected chi connectivity index (χ4v) is 4.69. The van der Waals surface area contributed by atoms with Gasteiger partial charge in [-0.2, -0.15) is 0 Å². The summed E-state index contributed by atoms with van der Waals surface area (Å²) in [6.07, 6.45) is 0.373. The Morgan fingerprint density at radius 2 is 2.04 bits per heavy atom. The van der Waals surface area contributed by atoms with Crippen LogP contribution in [0, 0.1) is 11.7 Å². The van der Waals surface area contributed by atoms with Crippen LogP contribution in [0.5, 0.6) is 5.75 Å². The van der Waals surface area contributed by atoms with E-state index in [-0.39, 0.29) is 28.7 Å². The Labute approximate surface area is 158 Å². The molecule has 0 saturated carbocycles. The van der Waals surface area contributed by atoms with E-state index in [1.165, 1.54) is 24.1 Å². The maximum absolute atomic E-state index is 13.7. The number of amides is 1. The van der Waals surface area contributed by atoms with E-state index in [4.69, 9.17) is 9.47 Å². The highest BCUT2D eigenvalue weighted by molar-refractivity contribution is 7.91. The second-order valence-corrected chi connectivity index (χ2v) is 9.15. The number of halogens is 1. The number of benzene rings is 1. The summed E-state index contributed by atoms with van der Waals surface area (Å²) in [7, 11) is -1.84. The van der Waals surface area contributed by atoms with Crippen molar-refractivity contribution < 1.29 is 31.9 Å². The smallest absolute Gasteiger partial charge is 0.338 e. The lowest BCUT2D eigenvalue weighted by Crippen LogP contribution is -2.45. The summed E-state index contributed by atoms with van der Waals surface area (Å²) in [4.78, 5) is 26.1. The highest BCUT2D eigenvalue weighted by Gasteiger charge is 2.35. The molecule has 0 aliphatic carbocycles. The summed E-state index contributed by atoms with van der Waals surface area (Å²) in [5.41, 5.74) is -0.0417. The third-order valence-electron chi connectivity index (χ3n) is 4.25. The molecule has 2 rings (SSSR count). The van der Waals surface area contributed by atoms with Gasteiger partial charge in [0.1, 0.15) is 0 Å². The van der Waals surface area contributed by atoms with Crippen molar-refractivity contribution >= 4 is 21.7 Å². The lowest BCUT2D eigenvalue weighted by atomic mass is 10.1. The molecule has 150 valence electrons. The quantitative estimate of drug-likeness (QED) is 0.646.